The number of nitrogens with one attached hydrogen (secondary N) is 1. The second kappa shape index (κ2) is 6.82. The predicted molar refractivity (Wildman–Crippen MR) is 90.1 cm³/mol. The lowest BCUT2D eigenvalue weighted by Gasteiger charge is -2.13. The van der Waals surface area contributed by atoms with E-state index in [0.29, 0.717) is 5.56 Å². The molecule has 1 heterocycles. The van der Waals surface area contributed by atoms with E-state index in [4.69, 9.17) is 23.2 Å². The molecule has 0 aliphatic carbocycles. The summed E-state index contributed by atoms with van der Waals surface area (Å²) >= 11 is 11.7. The van der Waals surface area contributed by atoms with Gasteiger partial charge in [0.05, 0.1) is 21.2 Å². The fourth-order valence-electron chi connectivity index (χ4n) is 2.46. The highest BCUT2D eigenvalue weighted by Crippen LogP contribution is 2.31. The van der Waals surface area contributed by atoms with E-state index in [9.17, 15) is 18.8 Å². The number of carbonyl (C=O) groups excluding carboxylic acids is 3. The van der Waals surface area contributed by atoms with Crippen molar-refractivity contribution in [3.63, 3.8) is 0 Å². The van der Waals surface area contributed by atoms with Gasteiger partial charge in [-0.25, -0.2) is 4.39 Å². The normalized spacial score (nSPS) is 13.2. The molecule has 2 aromatic rings. The molecule has 3 rings (SSSR count). The van der Waals surface area contributed by atoms with E-state index in [1.165, 1.54) is 30.3 Å². The summed E-state index contributed by atoms with van der Waals surface area (Å²) in [4.78, 5) is 37.4. The van der Waals surface area contributed by atoms with Crippen LogP contribution in [-0.2, 0) is 11.3 Å². The van der Waals surface area contributed by atoms with Crippen LogP contribution in [-0.4, -0.2) is 29.2 Å². The molecule has 0 saturated heterocycles. The molecule has 3 amide bonds. The van der Waals surface area contributed by atoms with Crippen molar-refractivity contribution in [2.45, 2.75) is 6.54 Å². The van der Waals surface area contributed by atoms with Crippen LogP contribution in [0.5, 0.6) is 0 Å². The number of amides is 3. The van der Waals surface area contributed by atoms with Crippen LogP contribution in [0.4, 0.5) is 4.39 Å². The summed E-state index contributed by atoms with van der Waals surface area (Å²) in [6.07, 6.45) is 0. The molecule has 1 aliphatic heterocycles. The molecule has 0 spiro atoms. The fraction of sp³-hybridized carbons (Fsp3) is 0.118. The maximum absolute atomic E-state index is 13.5. The summed E-state index contributed by atoms with van der Waals surface area (Å²) < 4.78 is 13.5. The Hall–Kier alpha value is -2.44. The van der Waals surface area contributed by atoms with Gasteiger partial charge >= 0.3 is 0 Å². The third kappa shape index (κ3) is 3.36. The van der Waals surface area contributed by atoms with Crippen molar-refractivity contribution < 1.29 is 18.8 Å². The molecular formula is C17H11Cl2FN2O3. The number of fused-ring (bicyclic) bond motifs is 1. The Labute approximate surface area is 152 Å². The number of nitrogens with zero attached hydrogens (tertiary/aromatic N) is 1. The molecule has 5 nitrogen and oxygen atoms in total. The minimum absolute atomic E-state index is 0.0493. The van der Waals surface area contributed by atoms with Gasteiger partial charge in [-0.1, -0.05) is 41.4 Å². The zero-order chi connectivity index (χ0) is 18.1. The van der Waals surface area contributed by atoms with Crippen LogP contribution in [0, 0.1) is 5.82 Å². The first-order valence-corrected chi connectivity index (χ1v) is 7.99. The summed E-state index contributed by atoms with van der Waals surface area (Å²) in [5.41, 5.74) is 0.499. The number of benzene rings is 2. The van der Waals surface area contributed by atoms with Crippen LogP contribution in [0.2, 0.25) is 10.0 Å². The molecule has 0 fully saturated rings. The first kappa shape index (κ1) is 17.4. The SMILES string of the molecule is O=C(CN1C(=O)c2cc(Cl)c(Cl)cc2C1=O)NCc1ccccc1F. The topological polar surface area (TPSA) is 66.5 Å². The van der Waals surface area contributed by atoms with Crippen LogP contribution < -0.4 is 5.32 Å². The van der Waals surface area contributed by atoms with Gasteiger partial charge in [0.1, 0.15) is 12.4 Å². The van der Waals surface area contributed by atoms with Crippen molar-refractivity contribution in [2.75, 3.05) is 6.54 Å². The molecule has 1 N–H and O–H groups in total. The third-order valence-corrected chi connectivity index (χ3v) is 4.47. The van der Waals surface area contributed by atoms with Gasteiger partial charge in [0.25, 0.3) is 11.8 Å². The highest BCUT2D eigenvalue weighted by Gasteiger charge is 2.37. The number of rotatable bonds is 4. The number of carbonyl (C=O) groups is 3. The van der Waals surface area contributed by atoms with Crippen LogP contribution in [0.3, 0.4) is 0 Å². The van der Waals surface area contributed by atoms with E-state index in [1.54, 1.807) is 6.07 Å². The molecule has 0 atom stereocenters. The lowest BCUT2D eigenvalue weighted by molar-refractivity contribution is -0.121. The van der Waals surface area contributed by atoms with Crippen LogP contribution in [0.25, 0.3) is 0 Å². The van der Waals surface area contributed by atoms with Gasteiger partial charge in [-0.05, 0) is 18.2 Å². The van der Waals surface area contributed by atoms with E-state index < -0.39 is 30.1 Å². The monoisotopic (exact) mass is 380 g/mol. The minimum Gasteiger partial charge on any atom is -0.350 e. The van der Waals surface area contributed by atoms with E-state index in [0.717, 1.165) is 4.90 Å². The second-order valence-electron chi connectivity index (χ2n) is 5.38. The molecule has 128 valence electrons. The summed E-state index contributed by atoms with van der Waals surface area (Å²) in [6.45, 7) is -0.525. The summed E-state index contributed by atoms with van der Waals surface area (Å²) in [7, 11) is 0. The van der Waals surface area contributed by atoms with E-state index >= 15 is 0 Å². The van der Waals surface area contributed by atoms with Gasteiger partial charge in [-0.2, -0.15) is 0 Å². The van der Waals surface area contributed by atoms with Gasteiger partial charge in [0.2, 0.25) is 5.91 Å². The quantitative estimate of drug-likeness (QED) is 0.828. The summed E-state index contributed by atoms with van der Waals surface area (Å²) in [6, 6.07) is 8.59. The van der Waals surface area contributed by atoms with Crippen LogP contribution >= 0.6 is 23.2 Å². The van der Waals surface area contributed by atoms with Crippen molar-refractivity contribution in [1.29, 1.82) is 0 Å². The lowest BCUT2D eigenvalue weighted by atomic mass is 10.1. The fourth-order valence-corrected chi connectivity index (χ4v) is 2.79. The standard InChI is InChI=1S/C17H11Cl2FN2O3/c18-12-5-10-11(6-13(12)19)17(25)22(16(10)24)8-15(23)21-7-9-3-1-2-4-14(9)20/h1-6H,7-8H2,(H,21,23). The van der Waals surface area contributed by atoms with E-state index in [-0.39, 0.29) is 27.7 Å². The first-order chi connectivity index (χ1) is 11.9. The minimum atomic E-state index is -0.625. The Bertz CT molecular complexity index is 860. The van der Waals surface area contributed by atoms with Gasteiger partial charge in [0, 0.05) is 12.1 Å². The number of imide groups is 1. The molecule has 2 aromatic carbocycles. The average Bonchev–Trinajstić information content (AvgIpc) is 2.79. The Morgan fingerprint density at radius 1 is 1.04 bits per heavy atom. The molecule has 0 radical (unpaired) electrons. The molecular weight excluding hydrogens is 370 g/mol. The zero-order valence-corrected chi connectivity index (χ0v) is 14.2. The maximum Gasteiger partial charge on any atom is 0.262 e. The van der Waals surface area contributed by atoms with Gasteiger partial charge in [-0.3, -0.25) is 19.3 Å². The third-order valence-electron chi connectivity index (χ3n) is 3.75. The Morgan fingerprint density at radius 2 is 1.60 bits per heavy atom. The average molecular weight is 381 g/mol. The Morgan fingerprint density at radius 3 is 2.16 bits per heavy atom. The predicted octanol–water partition coefficient (Wildman–Crippen LogP) is 3.04. The van der Waals surface area contributed by atoms with Gasteiger partial charge < -0.3 is 5.32 Å². The Kier molecular flexibility index (Phi) is 4.74. The molecule has 0 aromatic heterocycles. The van der Waals surface area contributed by atoms with E-state index in [1.807, 2.05) is 0 Å². The van der Waals surface area contributed by atoms with Crippen molar-refractivity contribution in [3.05, 3.63) is 69.0 Å². The molecule has 25 heavy (non-hydrogen) atoms. The van der Waals surface area contributed by atoms with Crippen LogP contribution in [0.1, 0.15) is 26.3 Å². The van der Waals surface area contributed by atoms with Crippen LogP contribution in [0.15, 0.2) is 36.4 Å². The molecule has 0 saturated carbocycles. The molecule has 0 unspecified atom stereocenters. The van der Waals surface area contributed by atoms with Gasteiger partial charge in [-0.15, -0.1) is 0 Å². The molecule has 8 heteroatoms. The summed E-state index contributed by atoms with van der Waals surface area (Å²) in [5, 5.41) is 2.77. The van der Waals surface area contributed by atoms with Crippen molar-refractivity contribution in [1.82, 2.24) is 10.2 Å². The first-order valence-electron chi connectivity index (χ1n) is 7.24. The maximum atomic E-state index is 13.5. The smallest absolute Gasteiger partial charge is 0.262 e. The number of hydrogen-bond donors (Lipinski definition) is 1. The highest BCUT2D eigenvalue weighted by atomic mass is 35.5. The number of halogens is 3. The highest BCUT2D eigenvalue weighted by molar-refractivity contribution is 6.43. The van der Waals surface area contributed by atoms with Gasteiger partial charge in [0.15, 0.2) is 0 Å². The molecule has 0 bridgehead atoms. The van der Waals surface area contributed by atoms with E-state index in [2.05, 4.69) is 5.32 Å². The molecule has 1 aliphatic rings. The largest absolute Gasteiger partial charge is 0.350 e. The van der Waals surface area contributed by atoms with Crippen molar-refractivity contribution >= 4 is 40.9 Å². The van der Waals surface area contributed by atoms with Crippen molar-refractivity contribution in [3.8, 4) is 0 Å². The lowest BCUT2D eigenvalue weighted by Crippen LogP contribution is -2.40. The Balaban J connectivity index is 1.69. The second-order valence-corrected chi connectivity index (χ2v) is 6.19. The summed E-state index contributed by atoms with van der Waals surface area (Å²) in [5.74, 6) is -2.29. The number of hydrogen-bond acceptors (Lipinski definition) is 3. The van der Waals surface area contributed by atoms with Crippen molar-refractivity contribution in [2.24, 2.45) is 0 Å². The zero-order valence-electron chi connectivity index (χ0n) is 12.7.